The summed E-state index contributed by atoms with van der Waals surface area (Å²) < 4.78 is 12.8. The number of hydrogen-bond acceptors (Lipinski definition) is 3. The van der Waals surface area contributed by atoms with E-state index in [-0.39, 0.29) is 18.0 Å². The number of esters is 1. The molecule has 0 amide bonds. The Morgan fingerprint density at radius 2 is 1.44 bits per heavy atom. The summed E-state index contributed by atoms with van der Waals surface area (Å²) in [7, 11) is 4.37. The third kappa shape index (κ3) is 14.0. The number of nitrogens with zero attached hydrogens (tertiary/aromatic N) is 1. The van der Waals surface area contributed by atoms with E-state index in [0.29, 0.717) is 13.0 Å². The van der Waals surface area contributed by atoms with Gasteiger partial charge in [-0.3, -0.25) is 4.79 Å². The molecule has 2 rings (SSSR count). The van der Waals surface area contributed by atoms with Crippen LogP contribution in [0.4, 0.5) is 0 Å². The van der Waals surface area contributed by atoms with E-state index in [2.05, 4.69) is 77.3 Å². The van der Waals surface area contributed by atoms with Crippen molar-refractivity contribution in [3.05, 3.63) is 65.7 Å². The fourth-order valence-corrected chi connectivity index (χ4v) is 5.28. The highest BCUT2D eigenvalue weighted by Crippen LogP contribution is 2.23. The number of quaternary nitrogens is 1. The van der Waals surface area contributed by atoms with Gasteiger partial charge in [-0.15, -0.1) is 0 Å². The highest BCUT2D eigenvalue weighted by atomic mass is 16.5. The SMILES string of the molecule is CCCCCCCCCCCc1ccccc1OC(C)CCOC(=O)C(CC)C[N+](C)(C)Cc1ccccc1. The fourth-order valence-electron chi connectivity index (χ4n) is 5.28. The van der Waals surface area contributed by atoms with Gasteiger partial charge in [0.2, 0.25) is 0 Å². The average Bonchev–Trinajstić information content (AvgIpc) is 2.92. The lowest BCUT2D eigenvalue weighted by Crippen LogP contribution is -2.44. The topological polar surface area (TPSA) is 35.5 Å². The molecule has 0 saturated carbocycles. The first-order chi connectivity index (χ1) is 18.8. The zero-order valence-corrected chi connectivity index (χ0v) is 25.6. The van der Waals surface area contributed by atoms with Crippen LogP contribution in [0.1, 0.15) is 103 Å². The minimum absolute atomic E-state index is 0.00699. The van der Waals surface area contributed by atoms with Gasteiger partial charge in [-0.1, -0.05) is 114 Å². The molecule has 0 aromatic heterocycles. The molecule has 218 valence electrons. The number of rotatable bonds is 21. The average molecular weight is 539 g/mol. The van der Waals surface area contributed by atoms with Crippen LogP contribution in [-0.4, -0.2) is 43.8 Å². The molecular weight excluding hydrogens is 482 g/mol. The Morgan fingerprint density at radius 3 is 2.10 bits per heavy atom. The van der Waals surface area contributed by atoms with Crippen molar-refractivity contribution in [3.63, 3.8) is 0 Å². The maximum absolute atomic E-state index is 12.9. The standard InChI is InChI=1S/C35H56NO3/c1-6-8-9-10-11-12-13-14-18-23-33-24-19-20-25-34(33)39-30(3)26-27-38-35(37)32(7-2)29-36(4,5)28-31-21-16-15-17-22-31/h15-17,19-22,24-25,30,32H,6-14,18,23,26-29H2,1-5H3/q+1. The predicted molar refractivity (Wildman–Crippen MR) is 164 cm³/mol. The quantitative estimate of drug-likeness (QED) is 0.0905. The van der Waals surface area contributed by atoms with Crippen molar-refractivity contribution >= 4 is 5.97 Å². The van der Waals surface area contributed by atoms with Gasteiger partial charge in [0.25, 0.3) is 0 Å². The summed E-state index contributed by atoms with van der Waals surface area (Å²) >= 11 is 0. The molecule has 2 unspecified atom stereocenters. The van der Waals surface area contributed by atoms with Gasteiger partial charge in [0.15, 0.2) is 0 Å². The number of hydrogen-bond donors (Lipinski definition) is 0. The molecular formula is C35H56NO3+. The second-order valence-corrected chi connectivity index (χ2v) is 11.9. The van der Waals surface area contributed by atoms with Crippen molar-refractivity contribution in [2.45, 2.75) is 110 Å². The molecule has 0 saturated heterocycles. The van der Waals surface area contributed by atoms with Gasteiger partial charge in [-0.05, 0) is 37.8 Å². The second kappa shape index (κ2) is 18.9. The zero-order chi connectivity index (χ0) is 28.3. The van der Waals surface area contributed by atoms with E-state index >= 15 is 0 Å². The van der Waals surface area contributed by atoms with Crippen molar-refractivity contribution in [3.8, 4) is 5.75 Å². The van der Waals surface area contributed by atoms with Crippen molar-refractivity contribution in [1.29, 1.82) is 0 Å². The number of unbranched alkanes of at least 4 members (excludes halogenated alkanes) is 8. The Kier molecular flexibility index (Phi) is 15.9. The summed E-state index contributed by atoms with van der Waals surface area (Å²) in [5, 5.41) is 0. The molecule has 4 heteroatoms. The maximum atomic E-state index is 12.9. The number of ether oxygens (including phenoxy) is 2. The minimum Gasteiger partial charge on any atom is -0.490 e. The van der Waals surface area contributed by atoms with E-state index in [1.165, 1.54) is 68.9 Å². The zero-order valence-electron chi connectivity index (χ0n) is 25.6. The molecule has 0 N–H and O–H groups in total. The van der Waals surface area contributed by atoms with Crippen LogP contribution in [-0.2, 0) is 22.5 Å². The Hall–Kier alpha value is -2.33. The van der Waals surface area contributed by atoms with Crippen LogP contribution in [0.25, 0.3) is 0 Å². The molecule has 0 bridgehead atoms. The number of para-hydroxylation sites is 1. The molecule has 0 aliphatic carbocycles. The fraction of sp³-hybridized carbons (Fsp3) is 0.629. The lowest BCUT2D eigenvalue weighted by Gasteiger charge is -2.32. The van der Waals surface area contributed by atoms with Crippen LogP contribution in [0.5, 0.6) is 5.75 Å². The van der Waals surface area contributed by atoms with Crippen molar-refractivity contribution in [2.75, 3.05) is 27.2 Å². The van der Waals surface area contributed by atoms with Crippen LogP contribution < -0.4 is 4.74 Å². The number of carbonyl (C=O) groups excluding carboxylic acids is 1. The Bertz CT molecular complexity index is 911. The van der Waals surface area contributed by atoms with Gasteiger partial charge in [-0.2, -0.15) is 0 Å². The van der Waals surface area contributed by atoms with Gasteiger partial charge in [0.05, 0.1) is 33.4 Å². The third-order valence-electron chi connectivity index (χ3n) is 7.61. The Labute approximate surface area is 239 Å². The first kappa shape index (κ1) is 32.9. The molecule has 2 atom stereocenters. The highest BCUT2D eigenvalue weighted by Gasteiger charge is 2.28. The summed E-state index contributed by atoms with van der Waals surface area (Å²) in [6, 6.07) is 18.9. The van der Waals surface area contributed by atoms with Crippen LogP contribution >= 0.6 is 0 Å². The van der Waals surface area contributed by atoms with Crippen LogP contribution in [0.3, 0.4) is 0 Å². The van der Waals surface area contributed by atoms with Crippen molar-refractivity contribution in [2.24, 2.45) is 5.92 Å². The van der Waals surface area contributed by atoms with E-state index < -0.39 is 0 Å². The molecule has 0 heterocycles. The summed E-state index contributed by atoms with van der Waals surface area (Å²) in [6.45, 7) is 8.47. The van der Waals surface area contributed by atoms with Crippen LogP contribution in [0, 0.1) is 5.92 Å². The van der Waals surface area contributed by atoms with E-state index in [9.17, 15) is 4.79 Å². The number of aryl methyl sites for hydroxylation is 1. The van der Waals surface area contributed by atoms with Gasteiger partial charge in [0.1, 0.15) is 18.2 Å². The van der Waals surface area contributed by atoms with E-state index in [4.69, 9.17) is 9.47 Å². The van der Waals surface area contributed by atoms with Crippen molar-refractivity contribution in [1.82, 2.24) is 0 Å². The van der Waals surface area contributed by atoms with Gasteiger partial charge < -0.3 is 14.0 Å². The minimum atomic E-state index is -0.1000. The summed E-state index contributed by atoms with van der Waals surface area (Å²) in [5.41, 5.74) is 2.57. The molecule has 4 nitrogen and oxygen atoms in total. The predicted octanol–water partition coefficient (Wildman–Crippen LogP) is 8.76. The second-order valence-electron chi connectivity index (χ2n) is 11.9. The van der Waals surface area contributed by atoms with E-state index in [0.717, 1.165) is 36.2 Å². The summed E-state index contributed by atoms with van der Waals surface area (Å²) in [4.78, 5) is 12.9. The molecule has 0 fully saturated rings. The first-order valence-corrected chi connectivity index (χ1v) is 15.6. The van der Waals surface area contributed by atoms with Crippen LogP contribution in [0.2, 0.25) is 0 Å². The molecule has 0 aliphatic heterocycles. The van der Waals surface area contributed by atoms with E-state index in [1.807, 2.05) is 12.1 Å². The largest absolute Gasteiger partial charge is 0.490 e. The lowest BCUT2D eigenvalue weighted by atomic mass is 10.0. The van der Waals surface area contributed by atoms with Crippen LogP contribution in [0.15, 0.2) is 54.6 Å². The summed E-state index contributed by atoms with van der Waals surface area (Å²) in [5.74, 6) is 0.786. The smallest absolute Gasteiger partial charge is 0.314 e. The number of benzene rings is 2. The number of carbonyl (C=O) groups is 1. The van der Waals surface area contributed by atoms with Crippen molar-refractivity contribution < 1.29 is 18.8 Å². The van der Waals surface area contributed by atoms with Gasteiger partial charge in [0, 0.05) is 12.0 Å². The molecule has 2 aromatic rings. The Morgan fingerprint density at radius 1 is 0.821 bits per heavy atom. The third-order valence-corrected chi connectivity index (χ3v) is 7.61. The first-order valence-electron chi connectivity index (χ1n) is 15.6. The van der Waals surface area contributed by atoms with E-state index in [1.54, 1.807) is 0 Å². The maximum Gasteiger partial charge on any atom is 0.314 e. The van der Waals surface area contributed by atoms with Gasteiger partial charge >= 0.3 is 5.97 Å². The molecule has 0 spiro atoms. The summed E-state index contributed by atoms with van der Waals surface area (Å²) in [6.07, 6.45) is 14.6. The highest BCUT2D eigenvalue weighted by molar-refractivity contribution is 5.72. The molecule has 39 heavy (non-hydrogen) atoms. The van der Waals surface area contributed by atoms with Gasteiger partial charge in [-0.25, -0.2) is 0 Å². The lowest BCUT2D eigenvalue weighted by molar-refractivity contribution is -0.906. The Balaban J connectivity index is 1.70. The molecule has 0 aliphatic rings. The molecule has 0 radical (unpaired) electrons. The normalized spacial score (nSPS) is 13.2. The molecule has 2 aromatic carbocycles. The monoisotopic (exact) mass is 538 g/mol.